The molecule has 2 nitrogen and oxygen atoms in total. The summed E-state index contributed by atoms with van der Waals surface area (Å²) in [4.78, 5) is 0. The lowest BCUT2D eigenvalue weighted by molar-refractivity contribution is 0.0606. The zero-order chi connectivity index (χ0) is 8.65. The zero-order valence-electron chi connectivity index (χ0n) is 6.75. The molecule has 0 aromatic rings. The van der Waals surface area contributed by atoms with Gasteiger partial charge in [0, 0.05) is 12.5 Å². The maximum absolute atomic E-state index is 9.64. The molecule has 3 heteroatoms. The number of hydrogen-bond acceptors (Lipinski definition) is 2. The van der Waals surface area contributed by atoms with Crippen LogP contribution in [0.5, 0.6) is 0 Å². The lowest BCUT2D eigenvalue weighted by atomic mass is 9.75. The average Bonchev–Trinajstić information content (AvgIpc) is 2.13. The summed E-state index contributed by atoms with van der Waals surface area (Å²) in [6.45, 7) is 5.45. The average molecular weight is 152 g/mol. The molecule has 3 atom stereocenters. The predicted molar refractivity (Wildman–Crippen MR) is 44.5 cm³/mol. The monoisotopic (exact) mass is 152 g/mol. The highest BCUT2D eigenvalue weighted by atomic mass is 16.3. The Labute approximate surface area is 68.3 Å². The SMILES string of the molecule is [B][C@@H]1C(=C)[C@H](CO)C[C@@]1(C)O. The van der Waals surface area contributed by atoms with Gasteiger partial charge in [-0.2, -0.15) is 0 Å². The number of aliphatic hydroxyl groups excluding tert-OH is 1. The fourth-order valence-electron chi connectivity index (χ4n) is 1.59. The van der Waals surface area contributed by atoms with Crippen molar-refractivity contribution in [2.24, 2.45) is 5.92 Å². The van der Waals surface area contributed by atoms with E-state index in [0.717, 1.165) is 5.57 Å². The maximum Gasteiger partial charge on any atom is 0.0798 e. The van der Waals surface area contributed by atoms with Crippen molar-refractivity contribution in [3.63, 3.8) is 0 Å². The first-order valence-corrected chi connectivity index (χ1v) is 3.76. The highest BCUT2D eigenvalue weighted by Crippen LogP contribution is 2.44. The summed E-state index contributed by atoms with van der Waals surface area (Å²) >= 11 is 0. The molecule has 0 saturated heterocycles. The van der Waals surface area contributed by atoms with Crippen LogP contribution in [0.2, 0.25) is 5.82 Å². The van der Waals surface area contributed by atoms with Crippen LogP contribution in [0.4, 0.5) is 0 Å². The van der Waals surface area contributed by atoms with Crippen molar-refractivity contribution in [3.8, 4) is 0 Å². The second-order valence-electron chi connectivity index (χ2n) is 3.49. The number of hydrogen-bond donors (Lipinski definition) is 2. The van der Waals surface area contributed by atoms with Crippen molar-refractivity contribution < 1.29 is 10.2 Å². The predicted octanol–water partition coefficient (Wildman–Crippen LogP) is 0.263. The Morgan fingerprint density at radius 2 is 2.36 bits per heavy atom. The largest absolute Gasteiger partial charge is 0.396 e. The van der Waals surface area contributed by atoms with Crippen molar-refractivity contribution in [2.75, 3.05) is 6.61 Å². The van der Waals surface area contributed by atoms with Gasteiger partial charge in [-0.15, -0.1) is 0 Å². The van der Waals surface area contributed by atoms with E-state index >= 15 is 0 Å². The van der Waals surface area contributed by atoms with E-state index in [1.54, 1.807) is 6.92 Å². The minimum atomic E-state index is -0.884. The van der Waals surface area contributed by atoms with Gasteiger partial charge >= 0.3 is 0 Å². The van der Waals surface area contributed by atoms with Gasteiger partial charge in [0.15, 0.2) is 0 Å². The summed E-state index contributed by atoms with van der Waals surface area (Å²) in [6, 6.07) is 0. The van der Waals surface area contributed by atoms with Gasteiger partial charge in [0.25, 0.3) is 0 Å². The molecule has 1 aliphatic rings. The number of rotatable bonds is 1. The molecule has 1 aliphatic carbocycles. The molecule has 0 aromatic carbocycles. The van der Waals surface area contributed by atoms with Gasteiger partial charge in [0.2, 0.25) is 0 Å². The van der Waals surface area contributed by atoms with E-state index in [9.17, 15) is 5.11 Å². The van der Waals surface area contributed by atoms with E-state index < -0.39 is 5.60 Å². The maximum atomic E-state index is 9.64. The first-order valence-electron chi connectivity index (χ1n) is 3.76. The van der Waals surface area contributed by atoms with Crippen LogP contribution in [-0.2, 0) is 0 Å². The Balaban J connectivity index is 2.77. The van der Waals surface area contributed by atoms with Gasteiger partial charge in [-0.25, -0.2) is 0 Å². The van der Waals surface area contributed by atoms with Crippen molar-refractivity contribution >= 4 is 7.85 Å². The lowest BCUT2D eigenvalue weighted by Gasteiger charge is -2.21. The summed E-state index contributed by atoms with van der Waals surface area (Å²) in [5.74, 6) is -0.417. The highest BCUT2D eigenvalue weighted by Gasteiger charge is 2.41. The fraction of sp³-hybridized carbons (Fsp3) is 0.750. The van der Waals surface area contributed by atoms with Crippen LogP contribution in [0, 0.1) is 5.92 Å². The molecule has 0 bridgehead atoms. The molecule has 2 radical (unpaired) electrons. The summed E-state index contributed by atoms with van der Waals surface area (Å²) in [5, 5.41) is 18.5. The van der Waals surface area contributed by atoms with Crippen molar-refractivity contribution in [1.82, 2.24) is 0 Å². The Bertz CT molecular complexity index is 177. The van der Waals surface area contributed by atoms with Crippen molar-refractivity contribution in [1.29, 1.82) is 0 Å². The van der Waals surface area contributed by atoms with Gasteiger partial charge in [-0.05, 0) is 19.2 Å². The van der Waals surface area contributed by atoms with Gasteiger partial charge in [0.05, 0.1) is 13.4 Å². The van der Waals surface area contributed by atoms with E-state index in [4.69, 9.17) is 13.0 Å². The van der Waals surface area contributed by atoms with Gasteiger partial charge in [0.1, 0.15) is 0 Å². The smallest absolute Gasteiger partial charge is 0.0798 e. The summed E-state index contributed by atoms with van der Waals surface area (Å²) in [6.07, 6.45) is 0.517. The molecule has 0 aromatic heterocycles. The molecule has 11 heavy (non-hydrogen) atoms. The molecule has 0 amide bonds. The van der Waals surface area contributed by atoms with E-state index in [0.29, 0.717) is 6.42 Å². The normalized spacial score (nSPS) is 44.8. The quantitative estimate of drug-likeness (QED) is 0.418. The molecule has 0 aliphatic heterocycles. The summed E-state index contributed by atoms with van der Waals surface area (Å²) in [5.41, 5.74) is -0.123. The Morgan fingerprint density at radius 3 is 2.55 bits per heavy atom. The molecule has 60 valence electrons. The minimum absolute atomic E-state index is 0.0278. The van der Waals surface area contributed by atoms with Crippen molar-refractivity contribution in [3.05, 3.63) is 12.2 Å². The lowest BCUT2D eigenvalue weighted by Crippen LogP contribution is -2.25. The Kier molecular flexibility index (Phi) is 2.12. The van der Waals surface area contributed by atoms with Crippen LogP contribution in [-0.4, -0.2) is 30.3 Å². The van der Waals surface area contributed by atoms with Crippen LogP contribution in [0.15, 0.2) is 12.2 Å². The van der Waals surface area contributed by atoms with E-state index in [1.165, 1.54) is 0 Å². The highest BCUT2D eigenvalue weighted by molar-refractivity contribution is 6.14. The zero-order valence-corrected chi connectivity index (χ0v) is 6.75. The first-order chi connectivity index (χ1) is 4.99. The summed E-state index contributed by atoms with van der Waals surface area (Å²) < 4.78 is 0. The number of aliphatic hydroxyl groups is 2. The molecular weight excluding hydrogens is 139 g/mol. The Hall–Kier alpha value is -0.275. The minimum Gasteiger partial charge on any atom is -0.396 e. The third kappa shape index (κ3) is 1.35. The van der Waals surface area contributed by atoms with Crippen LogP contribution in [0.25, 0.3) is 0 Å². The van der Waals surface area contributed by atoms with Crippen molar-refractivity contribution in [2.45, 2.75) is 24.8 Å². The van der Waals surface area contributed by atoms with E-state index in [1.807, 2.05) is 0 Å². The molecule has 0 spiro atoms. The van der Waals surface area contributed by atoms with Crippen LogP contribution < -0.4 is 0 Å². The van der Waals surface area contributed by atoms with E-state index in [2.05, 4.69) is 6.58 Å². The molecule has 1 rings (SSSR count). The molecule has 0 unspecified atom stereocenters. The van der Waals surface area contributed by atoms with Crippen LogP contribution >= 0.6 is 0 Å². The second kappa shape index (κ2) is 2.65. The van der Waals surface area contributed by atoms with Gasteiger partial charge in [-0.1, -0.05) is 12.2 Å². The Morgan fingerprint density at radius 1 is 1.82 bits per heavy atom. The van der Waals surface area contributed by atoms with Crippen LogP contribution in [0.1, 0.15) is 13.3 Å². The molecule has 0 heterocycles. The van der Waals surface area contributed by atoms with Gasteiger partial charge in [-0.3, -0.25) is 0 Å². The first kappa shape index (κ1) is 8.82. The third-order valence-electron chi connectivity index (χ3n) is 2.47. The third-order valence-corrected chi connectivity index (χ3v) is 2.47. The summed E-state index contributed by atoms with van der Waals surface area (Å²) in [7, 11) is 5.66. The molecule has 1 saturated carbocycles. The molecule has 2 N–H and O–H groups in total. The molecule has 1 fully saturated rings. The van der Waals surface area contributed by atoms with Gasteiger partial charge < -0.3 is 10.2 Å². The fourth-order valence-corrected chi connectivity index (χ4v) is 1.59. The van der Waals surface area contributed by atoms with E-state index in [-0.39, 0.29) is 18.3 Å². The van der Waals surface area contributed by atoms with Crippen LogP contribution in [0.3, 0.4) is 0 Å². The second-order valence-corrected chi connectivity index (χ2v) is 3.49. The standard InChI is InChI=1S/C8H13BO2/c1-5-6(4-10)3-8(2,11)7(5)9/h6-7,10-11H,1,3-4H2,2H3/t6-,7+,8+/m0/s1. The topological polar surface area (TPSA) is 40.5 Å². The molecular formula is C8H13BO2.